The van der Waals surface area contributed by atoms with Crippen molar-refractivity contribution in [1.82, 2.24) is 0 Å². The summed E-state index contributed by atoms with van der Waals surface area (Å²) in [5.74, 6) is 0.239. The Labute approximate surface area is 122 Å². The molecular formula is C12H17BClNO5. The van der Waals surface area contributed by atoms with E-state index in [9.17, 15) is 4.79 Å². The van der Waals surface area contributed by atoms with Crippen LogP contribution in [0.25, 0.3) is 0 Å². The summed E-state index contributed by atoms with van der Waals surface area (Å²) < 4.78 is 10.2. The van der Waals surface area contributed by atoms with Crippen LogP contribution in [0.3, 0.4) is 0 Å². The first kappa shape index (κ1) is 16.6. The molecule has 1 rings (SSSR count). The summed E-state index contributed by atoms with van der Waals surface area (Å²) in [6.07, 6.45) is -0.663. The molecule has 0 spiro atoms. The lowest BCUT2D eigenvalue weighted by atomic mass is 9.80. The van der Waals surface area contributed by atoms with Crippen LogP contribution in [-0.4, -0.2) is 36.0 Å². The average Bonchev–Trinajstić information content (AvgIpc) is 2.25. The van der Waals surface area contributed by atoms with Gasteiger partial charge in [-0.1, -0.05) is 11.6 Å². The topological polar surface area (TPSA) is 88.0 Å². The Balaban J connectivity index is 3.01. The number of hydrogen-bond donors (Lipinski definition) is 3. The molecule has 0 bridgehead atoms. The van der Waals surface area contributed by atoms with Crippen LogP contribution in [0.2, 0.25) is 5.02 Å². The van der Waals surface area contributed by atoms with Crippen LogP contribution in [-0.2, 0) is 4.74 Å². The predicted octanol–water partition coefficient (Wildman–Crippen LogP) is 1.38. The van der Waals surface area contributed by atoms with Crippen molar-refractivity contribution >= 4 is 36.0 Å². The minimum absolute atomic E-state index is 0.0817. The number of amides is 1. The monoisotopic (exact) mass is 301 g/mol. The molecule has 1 aromatic rings. The van der Waals surface area contributed by atoms with Crippen molar-refractivity contribution in [2.45, 2.75) is 26.4 Å². The zero-order valence-electron chi connectivity index (χ0n) is 11.7. The van der Waals surface area contributed by atoms with Crippen molar-refractivity contribution in [3.05, 3.63) is 17.2 Å². The molecule has 0 unspecified atom stereocenters. The fourth-order valence-corrected chi connectivity index (χ4v) is 1.71. The van der Waals surface area contributed by atoms with Crippen molar-refractivity contribution in [2.24, 2.45) is 0 Å². The molecule has 3 N–H and O–H groups in total. The molecule has 110 valence electrons. The molecule has 0 heterocycles. The van der Waals surface area contributed by atoms with E-state index in [0.717, 1.165) is 0 Å². The maximum absolute atomic E-state index is 11.7. The van der Waals surface area contributed by atoms with Crippen molar-refractivity contribution < 1.29 is 24.3 Å². The molecule has 8 heteroatoms. The zero-order chi connectivity index (χ0) is 15.5. The SMILES string of the molecule is COc1cc(B(O)O)c(Cl)cc1NC(=O)OC(C)(C)C. The summed E-state index contributed by atoms with van der Waals surface area (Å²) in [5, 5.41) is 20.9. The summed E-state index contributed by atoms with van der Waals surface area (Å²) in [6, 6.07) is 2.69. The molecule has 0 radical (unpaired) electrons. The zero-order valence-corrected chi connectivity index (χ0v) is 12.5. The number of carbonyl (C=O) groups is 1. The lowest BCUT2D eigenvalue weighted by Gasteiger charge is -2.20. The van der Waals surface area contributed by atoms with Crippen LogP contribution in [0.5, 0.6) is 5.75 Å². The molecule has 6 nitrogen and oxygen atoms in total. The Kier molecular flexibility index (Phi) is 5.27. The van der Waals surface area contributed by atoms with Crippen LogP contribution in [0.4, 0.5) is 10.5 Å². The number of benzene rings is 1. The summed E-state index contributed by atoms with van der Waals surface area (Å²) in [6.45, 7) is 5.21. The third-order valence-corrected chi connectivity index (χ3v) is 2.56. The molecule has 0 fully saturated rings. The van der Waals surface area contributed by atoms with Crippen molar-refractivity contribution in [2.75, 3.05) is 12.4 Å². The van der Waals surface area contributed by atoms with E-state index in [4.69, 9.17) is 31.1 Å². The highest BCUT2D eigenvalue weighted by Gasteiger charge is 2.21. The lowest BCUT2D eigenvalue weighted by Crippen LogP contribution is -2.31. The number of halogens is 1. The smallest absolute Gasteiger partial charge is 0.490 e. The summed E-state index contributed by atoms with van der Waals surface area (Å²) in [4.78, 5) is 11.7. The van der Waals surface area contributed by atoms with Crippen LogP contribution < -0.4 is 15.5 Å². The van der Waals surface area contributed by atoms with Crippen LogP contribution in [0.1, 0.15) is 20.8 Å². The number of nitrogens with one attached hydrogen (secondary N) is 1. The molecule has 0 atom stereocenters. The Morgan fingerprint density at radius 1 is 1.35 bits per heavy atom. The third-order valence-electron chi connectivity index (χ3n) is 2.23. The predicted molar refractivity (Wildman–Crippen MR) is 77.7 cm³/mol. The molecule has 0 aromatic heterocycles. The van der Waals surface area contributed by atoms with Crippen LogP contribution in [0.15, 0.2) is 12.1 Å². The first-order chi connectivity index (χ1) is 9.14. The number of ether oxygens (including phenoxy) is 2. The van der Waals surface area contributed by atoms with E-state index in [1.807, 2.05) is 0 Å². The second-order valence-electron chi connectivity index (χ2n) is 5.07. The number of methoxy groups -OCH3 is 1. The number of rotatable bonds is 3. The van der Waals surface area contributed by atoms with E-state index < -0.39 is 18.8 Å². The Morgan fingerprint density at radius 3 is 2.40 bits per heavy atom. The first-order valence-corrected chi connectivity index (χ1v) is 6.25. The fourth-order valence-electron chi connectivity index (χ4n) is 1.45. The van der Waals surface area contributed by atoms with Gasteiger partial charge in [-0.2, -0.15) is 0 Å². The van der Waals surface area contributed by atoms with E-state index in [1.54, 1.807) is 20.8 Å². The van der Waals surface area contributed by atoms with Crippen molar-refractivity contribution in [1.29, 1.82) is 0 Å². The van der Waals surface area contributed by atoms with Gasteiger partial charge in [0, 0.05) is 10.5 Å². The van der Waals surface area contributed by atoms with Gasteiger partial charge in [-0.25, -0.2) is 4.79 Å². The summed E-state index contributed by atoms with van der Waals surface area (Å²) in [5.41, 5.74) is -0.281. The van der Waals surface area contributed by atoms with Crippen molar-refractivity contribution in [3.63, 3.8) is 0 Å². The minimum atomic E-state index is -1.73. The van der Waals surface area contributed by atoms with E-state index in [1.165, 1.54) is 19.2 Å². The Bertz CT molecular complexity index is 501. The van der Waals surface area contributed by atoms with E-state index >= 15 is 0 Å². The first-order valence-electron chi connectivity index (χ1n) is 5.87. The highest BCUT2D eigenvalue weighted by molar-refractivity contribution is 6.62. The summed E-state index contributed by atoms with van der Waals surface area (Å²) >= 11 is 5.90. The van der Waals surface area contributed by atoms with Crippen LogP contribution >= 0.6 is 11.6 Å². The molecule has 0 aliphatic carbocycles. The third kappa shape index (κ3) is 4.59. The van der Waals surface area contributed by atoms with Gasteiger partial charge in [0.2, 0.25) is 0 Å². The summed E-state index contributed by atoms with van der Waals surface area (Å²) in [7, 11) is -0.344. The normalized spacial score (nSPS) is 10.9. The standard InChI is InChI=1S/C12H17BClNO5/c1-12(2,3)20-11(16)15-9-6-8(14)7(13(17)18)5-10(9)19-4/h5-6,17-18H,1-4H3,(H,15,16). The molecule has 1 amide bonds. The van der Waals surface area contributed by atoms with Crippen molar-refractivity contribution in [3.8, 4) is 5.75 Å². The highest BCUT2D eigenvalue weighted by atomic mass is 35.5. The number of hydrogen-bond acceptors (Lipinski definition) is 5. The number of anilines is 1. The van der Waals surface area contributed by atoms with E-state index in [-0.39, 0.29) is 21.9 Å². The molecule has 0 saturated carbocycles. The van der Waals surface area contributed by atoms with Gasteiger partial charge >= 0.3 is 13.2 Å². The molecular weight excluding hydrogens is 284 g/mol. The van der Waals surface area contributed by atoms with Gasteiger partial charge in [0.25, 0.3) is 0 Å². The van der Waals surface area contributed by atoms with Gasteiger partial charge in [0.15, 0.2) is 0 Å². The van der Waals surface area contributed by atoms with Gasteiger partial charge in [0.1, 0.15) is 11.4 Å². The Hall–Kier alpha value is -1.44. The largest absolute Gasteiger partial charge is 0.495 e. The number of carbonyl (C=O) groups excluding carboxylic acids is 1. The maximum atomic E-state index is 11.7. The van der Waals surface area contributed by atoms with Gasteiger partial charge < -0.3 is 19.5 Å². The minimum Gasteiger partial charge on any atom is -0.495 e. The van der Waals surface area contributed by atoms with Gasteiger partial charge in [-0.3, -0.25) is 5.32 Å². The van der Waals surface area contributed by atoms with Gasteiger partial charge in [-0.15, -0.1) is 0 Å². The average molecular weight is 302 g/mol. The van der Waals surface area contributed by atoms with E-state index in [2.05, 4.69) is 5.32 Å². The van der Waals surface area contributed by atoms with Crippen LogP contribution in [0, 0.1) is 0 Å². The molecule has 0 aliphatic rings. The van der Waals surface area contributed by atoms with E-state index in [0.29, 0.717) is 0 Å². The molecule has 0 saturated heterocycles. The maximum Gasteiger partial charge on any atom is 0.490 e. The van der Waals surface area contributed by atoms with Gasteiger partial charge in [-0.05, 0) is 32.9 Å². The molecule has 20 heavy (non-hydrogen) atoms. The second kappa shape index (κ2) is 6.34. The van der Waals surface area contributed by atoms with Gasteiger partial charge in [0.05, 0.1) is 12.8 Å². The highest BCUT2D eigenvalue weighted by Crippen LogP contribution is 2.27. The molecule has 0 aliphatic heterocycles. The molecule has 1 aromatic carbocycles. The quantitative estimate of drug-likeness (QED) is 0.734. The fraction of sp³-hybridized carbons (Fsp3) is 0.417. The Morgan fingerprint density at radius 2 is 1.95 bits per heavy atom. The second-order valence-corrected chi connectivity index (χ2v) is 5.48. The lowest BCUT2D eigenvalue weighted by molar-refractivity contribution is 0.0635.